The van der Waals surface area contributed by atoms with Crippen molar-refractivity contribution in [1.82, 2.24) is 0 Å². The molecule has 182 valence electrons. The van der Waals surface area contributed by atoms with Gasteiger partial charge in [0, 0.05) is 25.9 Å². The zero-order valence-corrected chi connectivity index (χ0v) is 23.0. The van der Waals surface area contributed by atoms with Gasteiger partial charge in [0.15, 0.2) is 0 Å². The van der Waals surface area contributed by atoms with Crippen LogP contribution in [-0.4, -0.2) is 50.8 Å². The first-order valence-electron chi connectivity index (χ1n) is 12.4. The van der Waals surface area contributed by atoms with E-state index < -0.39 is 14.4 Å². The van der Waals surface area contributed by atoms with Gasteiger partial charge in [-0.15, -0.1) is 0 Å². The zero-order valence-electron chi connectivity index (χ0n) is 21.1. The normalized spacial score (nSPS) is 15.5. The molecule has 0 spiro atoms. The lowest BCUT2D eigenvalue weighted by molar-refractivity contribution is 0.0444. The molecular weight excluding hydrogens is 412 g/mol. The minimum absolute atomic E-state index is 0.537. The summed E-state index contributed by atoms with van der Waals surface area (Å²) in [6.07, 6.45) is 9.18. The van der Waals surface area contributed by atoms with E-state index in [0.717, 1.165) is 55.1 Å². The molecule has 2 unspecified atom stereocenters. The molecule has 30 heavy (non-hydrogen) atoms. The van der Waals surface area contributed by atoms with E-state index in [4.69, 9.17) is 13.3 Å². The summed E-state index contributed by atoms with van der Waals surface area (Å²) in [7, 11) is -2.50. The Labute approximate surface area is 193 Å². The van der Waals surface area contributed by atoms with Crippen molar-refractivity contribution in [2.45, 2.75) is 111 Å². The molecule has 1 N–H and O–H groups in total. The Morgan fingerprint density at radius 2 is 1.37 bits per heavy atom. The SMILES string of the molecule is CCO[Si](CCCSCCC(C)(O)CCCC(C)CCCC(C)C)(OCC)OCC. The third-order valence-corrected chi connectivity index (χ3v) is 9.76. The van der Waals surface area contributed by atoms with E-state index >= 15 is 0 Å². The van der Waals surface area contributed by atoms with Crippen LogP contribution >= 0.6 is 11.8 Å². The second kappa shape index (κ2) is 17.9. The number of rotatable bonds is 21. The molecule has 0 rings (SSSR count). The number of aliphatic hydroxyl groups is 1. The first kappa shape index (κ1) is 30.4. The summed E-state index contributed by atoms with van der Waals surface area (Å²) in [5.41, 5.74) is -0.537. The summed E-state index contributed by atoms with van der Waals surface area (Å²) in [6, 6.07) is 0.876. The van der Waals surface area contributed by atoms with Gasteiger partial charge in [0.2, 0.25) is 0 Å². The number of hydrogen-bond acceptors (Lipinski definition) is 5. The molecule has 4 nitrogen and oxygen atoms in total. The van der Waals surface area contributed by atoms with E-state index in [2.05, 4.69) is 20.8 Å². The van der Waals surface area contributed by atoms with Crippen molar-refractivity contribution < 1.29 is 18.4 Å². The van der Waals surface area contributed by atoms with Gasteiger partial charge in [0.1, 0.15) is 0 Å². The predicted octanol–water partition coefficient (Wildman–Crippen LogP) is 6.93. The largest absolute Gasteiger partial charge is 0.500 e. The Hall–Kier alpha value is 0.407. The van der Waals surface area contributed by atoms with E-state index in [-0.39, 0.29) is 0 Å². The van der Waals surface area contributed by atoms with E-state index in [0.29, 0.717) is 19.8 Å². The van der Waals surface area contributed by atoms with Gasteiger partial charge < -0.3 is 18.4 Å². The van der Waals surface area contributed by atoms with Gasteiger partial charge in [-0.25, -0.2) is 0 Å². The van der Waals surface area contributed by atoms with Crippen molar-refractivity contribution in [2.75, 3.05) is 31.3 Å². The molecular formula is C24H52O4SSi. The van der Waals surface area contributed by atoms with Crippen LogP contribution in [0, 0.1) is 11.8 Å². The Balaban J connectivity index is 3.98. The maximum atomic E-state index is 10.7. The Morgan fingerprint density at radius 3 is 1.90 bits per heavy atom. The lowest BCUT2D eigenvalue weighted by Crippen LogP contribution is -2.46. The van der Waals surface area contributed by atoms with Crippen LogP contribution in [0.15, 0.2) is 0 Å². The zero-order chi connectivity index (χ0) is 22.9. The van der Waals surface area contributed by atoms with Crippen LogP contribution in [-0.2, 0) is 13.3 Å². The fraction of sp³-hybridized carbons (Fsp3) is 1.00. The molecule has 0 aromatic carbocycles. The predicted molar refractivity (Wildman–Crippen MR) is 134 cm³/mol. The van der Waals surface area contributed by atoms with Crippen LogP contribution in [0.2, 0.25) is 6.04 Å². The van der Waals surface area contributed by atoms with Gasteiger partial charge in [-0.1, -0.05) is 52.9 Å². The molecule has 0 aliphatic heterocycles. The van der Waals surface area contributed by atoms with E-state index in [1.54, 1.807) is 0 Å². The molecule has 0 aromatic rings. The first-order valence-corrected chi connectivity index (χ1v) is 15.5. The van der Waals surface area contributed by atoms with Crippen molar-refractivity contribution in [3.63, 3.8) is 0 Å². The third kappa shape index (κ3) is 16.1. The smallest absolute Gasteiger partial charge is 0.390 e. The van der Waals surface area contributed by atoms with Gasteiger partial charge in [-0.05, 0) is 70.3 Å². The Morgan fingerprint density at radius 1 is 0.800 bits per heavy atom. The lowest BCUT2D eigenvalue weighted by atomic mass is 9.91. The quantitative estimate of drug-likeness (QED) is 0.147. The Kier molecular flexibility index (Phi) is 18.1. The molecule has 0 heterocycles. The van der Waals surface area contributed by atoms with Crippen LogP contribution in [0.25, 0.3) is 0 Å². The van der Waals surface area contributed by atoms with Gasteiger partial charge in [0.05, 0.1) is 5.60 Å². The topological polar surface area (TPSA) is 47.9 Å². The molecule has 0 aliphatic rings. The van der Waals surface area contributed by atoms with Crippen LogP contribution in [0.3, 0.4) is 0 Å². The van der Waals surface area contributed by atoms with Crippen LogP contribution in [0.1, 0.15) is 99.8 Å². The van der Waals surface area contributed by atoms with E-state index in [1.807, 2.05) is 39.5 Å². The van der Waals surface area contributed by atoms with E-state index in [9.17, 15) is 5.11 Å². The minimum Gasteiger partial charge on any atom is -0.390 e. The molecule has 0 fully saturated rings. The highest BCUT2D eigenvalue weighted by atomic mass is 32.2. The van der Waals surface area contributed by atoms with Crippen molar-refractivity contribution in [3.05, 3.63) is 0 Å². The molecule has 0 bridgehead atoms. The van der Waals surface area contributed by atoms with Gasteiger partial charge in [-0.3, -0.25) is 0 Å². The molecule has 0 saturated carbocycles. The molecule has 2 atom stereocenters. The third-order valence-electron chi connectivity index (χ3n) is 5.54. The van der Waals surface area contributed by atoms with Crippen molar-refractivity contribution in [1.29, 1.82) is 0 Å². The van der Waals surface area contributed by atoms with Crippen LogP contribution in [0.5, 0.6) is 0 Å². The summed E-state index contributed by atoms with van der Waals surface area (Å²) in [4.78, 5) is 0. The van der Waals surface area contributed by atoms with E-state index in [1.165, 1.54) is 25.7 Å². The summed E-state index contributed by atoms with van der Waals surface area (Å²) >= 11 is 1.92. The fourth-order valence-corrected chi connectivity index (χ4v) is 7.77. The average molecular weight is 465 g/mol. The van der Waals surface area contributed by atoms with Gasteiger partial charge >= 0.3 is 8.80 Å². The molecule has 0 amide bonds. The molecule has 6 heteroatoms. The Bertz CT molecular complexity index is 376. The van der Waals surface area contributed by atoms with Crippen LogP contribution < -0.4 is 0 Å². The second-order valence-electron chi connectivity index (χ2n) is 9.27. The van der Waals surface area contributed by atoms with Gasteiger partial charge in [-0.2, -0.15) is 11.8 Å². The second-order valence-corrected chi connectivity index (χ2v) is 13.2. The number of thioether (sulfide) groups is 1. The fourth-order valence-electron chi connectivity index (χ4n) is 3.76. The molecule has 0 saturated heterocycles. The van der Waals surface area contributed by atoms with Crippen molar-refractivity contribution in [2.24, 2.45) is 11.8 Å². The minimum atomic E-state index is -2.50. The highest BCUT2D eigenvalue weighted by Crippen LogP contribution is 2.25. The molecule has 0 aliphatic carbocycles. The molecule has 0 aromatic heterocycles. The first-order chi connectivity index (χ1) is 14.2. The summed E-state index contributed by atoms with van der Waals surface area (Å²) in [5, 5.41) is 10.7. The summed E-state index contributed by atoms with van der Waals surface area (Å²) in [6.45, 7) is 16.9. The highest BCUT2D eigenvalue weighted by Gasteiger charge is 2.39. The van der Waals surface area contributed by atoms with Crippen molar-refractivity contribution in [3.8, 4) is 0 Å². The summed E-state index contributed by atoms with van der Waals surface area (Å²) in [5.74, 6) is 3.65. The summed E-state index contributed by atoms with van der Waals surface area (Å²) < 4.78 is 17.7. The standard InChI is InChI=1S/C24H52O4SSi/c1-8-26-30(27-9-2,28-10-3)21-13-19-29-20-18-24(7,25)17-12-16-23(6)15-11-14-22(4)5/h22-23,25H,8-21H2,1-7H3. The van der Waals surface area contributed by atoms with Gasteiger partial charge in [0.25, 0.3) is 0 Å². The van der Waals surface area contributed by atoms with Crippen LogP contribution in [0.4, 0.5) is 0 Å². The maximum Gasteiger partial charge on any atom is 0.500 e. The maximum absolute atomic E-state index is 10.7. The lowest BCUT2D eigenvalue weighted by Gasteiger charge is -2.28. The average Bonchev–Trinajstić information content (AvgIpc) is 2.64. The highest BCUT2D eigenvalue weighted by molar-refractivity contribution is 7.99. The number of hydrogen-bond donors (Lipinski definition) is 1. The molecule has 0 radical (unpaired) electrons. The van der Waals surface area contributed by atoms with Crippen molar-refractivity contribution >= 4 is 20.6 Å². The monoisotopic (exact) mass is 464 g/mol.